The highest BCUT2D eigenvalue weighted by atomic mass is 79.9. The minimum Gasteiger partial charge on any atom is -1.00 e. The van der Waals surface area contributed by atoms with Crippen LogP contribution < -0.4 is 17.0 Å². The van der Waals surface area contributed by atoms with Crippen LogP contribution in [0.25, 0.3) is 6.08 Å². The maximum Gasteiger partial charge on any atom is 0.210 e. The molecule has 80 valence electrons. The molecule has 0 N–H and O–H groups in total. The van der Waals surface area contributed by atoms with Gasteiger partial charge in [-0.05, 0) is 23.8 Å². The summed E-state index contributed by atoms with van der Waals surface area (Å²) < 4.78 is 0. The van der Waals surface area contributed by atoms with Crippen molar-refractivity contribution in [3.8, 4) is 0 Å². The first-order chi connectivity index (χ1) is 7.33. The van der Waals surface area contributed by atoms with Crippen LogP contribution in [-0.2, 0) is 6.54 Å². The number of rotatable bonds is 0. The lowest BCUT2D eigenvalue weighted by molar-refractivity contribution is -0.00000279. The number of halogens is 2. The van der Waals surface area contributed by atoms with Crippen molar-refractivity contribution < 1.29 is 17.0 Å². The van der Waals surface area contributed by atoms with Crippen molar-refractivity contribution in [1.82, 2.24) is 4.90 Å². The van der Waals surface area contributed by atoms with Gasteiger partial charge in [-0.25, -0.2) is 0 Å². The third-order valence-corrected chi connectivity index (χ3v) is 2.88. The van der Waals surface area contributed by atoms with Crippen molar-refractivity contribution in [3.63, 3.8) is 0 Å². The van der Waals surface area contributed by atoms with Gasteiger partial charge in [-0.15, -0.1) is 0 Å². The molecule has 0 unspecified atom stereocenters. The van der Waals surface area contributed by atoms with Crippen LogP contribution in [0, 0.1) is 6.08 Å². The second-order valence-electron chi connectivity index (χ2n) is 3.65. The van der Waals surface area contributed by atoms with Gasteiger partial charge >= 0.3 is 0 Å². The molecule has 0 atom stereocenters. The highest BCUT2D eigenvalue weighted by Gasteiger charge is 2.22. The lowest BCUT2D eigenvalue weighted by Crippen LogP contribution is -3.00. The van der Waals surface area contributed by atoms with E-state index in [1.807, 2.05) is 24.3 Å². The monoisotopic (exact) mass is 293 g/mol. The van der Waals surface area contributed by atoms with Crippen molar-refractivity contribution in [2.45, 2.75) is 6.54 Å². The summed E-state index contributed by atoms with van der Waals surface area (Å²) in [5.41, 5.74) is 3.62. The van der Waals surface area contributed by atoms with Crippen LogP contribution in [0.3, 0.4) is 0 Å². The Hall–Kier alpha value is -1.08. The Labute approximate surface area is 110 Å². The van der Waals surface area contributed by atoms with E-state index < -0.39 is 0 Å². The molecule has 0 aliphatic carbocycles. The van der Waals surface area contributed by atoms with E-state index in [1.54, 1.807) is 0 Å². The maximum atomic E-state index is 5.97. The molecule has 0 bridgehead atoms. The van der Waals surface area contributed by atoms with Gasteiger partial charge in [-0.1, -0.05) is 11.6 Å². The molecule has 16 heavy (non-hydrogen) atoms. The zero-order valence-electron chi connectivity index (χ0n) is 8.45. The van der Waals surface area contributed by atoms with E-state index in [4.69, 9.17) is 11.6 Å². The van der Waals surface area contributed by atoms with Gasteiger partial charge in [0.2, 0.25) is 5.70 Å². The Morgan fingerprint density at radius 2 is 2.19 bits per heavy atom. The van der Waals surface area contributed by atoms with Crippen molar-refractivity contribution >= 4 is 17.7 Å². The van der Waals surface area contributed by atoms with Crippen molar-refractivity contribution in [1.29, 1.82) is 0 Å². The van der Waals surface area contributed by atoms with E-state index in [0.717, 1.165) is 17.3 Å². The lowest BCUT2D eigenvalue weighted by Gasteiger charge is -2.22. The maximum absolute atomic E-state index is 5.97. The molecule has 0 spiro atoms. The summed E-state index contributed by atoms with van der Waals surface area (Å²) in [6, 6.07) is 6.01. The Morgan fingerprint density at radius 3 is 3.06 bits per heavy atom. The first kappa shape index (κ1) is 11.4. The Bertz CT molecular complexity index is 503. The predicted molar refractivity (Wildman–Crippen MR) is 61.9 cm³/mol. The van der Waals surface area contributed by atoms with Gasteiger partial charge in [0.15, 0.2) is 0 Å². The Morgan fingerprint density at radius 1 is 1.31 bits per heavy atom. The first-order valence-corrected chi connectivity index (χ1v) is 5.24. The fourth-order valence-electron chi connectivity index (χ4n) is 1.89. The average molecular weight is 295 g/mol. The van der Waals surface area contributed by atoms with Crippen molar-refractivity contribution in [3.05, 3.63) is 64.5 Å². The van der Waals surface area contributed by atoms with Crippen LogP contribution in [-0.4, -0.2) is 4.90 Å². The molecule has 1 nitrogen and oxygen atoms in total. The SMILES string of the molecule is Clc1ccc2c(c1)CN1C=CC=[C+]C1=C2.[Br-]. The molecule has 3 rings (SSSR count). The summed E-state index contributed by atoms with van der Waals surface area (Å²) in [4.78, 5) is 2.17. The van der Waals surface area contributed by atoms with Gasteiger partial charge in [0.1, 0.15) is 6.08 Å². The van der Waals surface area contributed by atoms with Crippen molar-refractivity contribution in [2.75, 3.05) is 0 Å². The van der Waals surface area contributed by atoms with Gasteiger partial charge in [0.25, 0.3) is 0 Å². The minimum atomic E-state index is 0. The molecule has 1 aromatic rings. The standard InChI is InChI=1S/C13H9ClN.BrH/c14-12-5-4-10-8-13-3-1-2-6-15(13)9-11(10)7-12;/h1-2,4-8H,9H2;1H/q+1;/p-1. The van der Waals surface area contributed by atoms with Gasteiger partial charge in [-0.2, -0.15) is 0 Å². The highest BCUT2D eigenvalue weighted by molar-refractivity contribution is 6.30. The number of fused-ring (bicyclic) bond motifs is 2. The quantitative estimate of drug-likeness (QED) is 0.626. The third kappa shape index (κ3) is 1.92. The van der Waals surface area contributed by atoms with Crippen LogP contribution in [0.15, 0.2) is 42.2 Å². The number of hydrogen-bond donors (Lipinski definition) is 0. The Balaban J connectivity index is 0.000000963. The van der Waals surface area contributed by atoms with Gasteiger partial charge < -0.3 is 21.9 Å². The molecular formula is C13H9BrClN. The summed E-state index contributed by atoms with van der Waals surface area (Å²) in [6.45, 7) is 0.874. The third-order valence-electron chi connectivity index (χ3n) is 2.64. The molecule has 0 saturated carbocycles. The van der Waals surface area contributed by atoms with Crippen LogP contribution in [0.5, 0.6) is 0 Å². The number of hydrogen-bond acceptors (Lipinski definition) is 1. The fourth-order valence-corrected chi connectivity index (χ4v) is 2.08. The molecule has 0 amide bonds. The smallest absolute Gasteiger partial charge is 0.210 e. The highest BCUT2D eigenvalue weighted by Crippen LogP contribution is 2.28. The molecule has 0 saturated heterocycles. The molecule has 3 heteroatoms. The first-order valence-electron chi connectivity index (χ1n) is 4.86. The van der Waals surface area contributed by atoms with Gasteiger partial charge in [0.05, 0.1) is 31.0 Å². The number of nitrogens with zero attached hydrogens (tertiary/aromatic N) is 1. The fraction of sp³-hybridized carbons (Fsp3) is 0.0769. The van der Waals surface area contributed by atoms with E-state index in [-0.39, 0.29) is 17.0 Å². The van der Waals surface area contributed by atoms with E-state index in [2.05, 4.69) is 29.3 Å². The second kappa shape index (κ2) is 4.42. The minimum absolute atomic E-state index is 0. The van der Waals surface area contributed by atoms with Crippen LogP contribution in [0.1, 0.15) is 11.1 Å². The Kier molecular flexibility index (Phi) is 3.15. The van der Waals surface area contributed by atoms with Crippen LogP contribution in [0.4, 0.5) is 0 Å². The molecule has 0 fully saturated rings. The molecular weight excluding hydrogens is 286 g/mol. The molecule has 1 aromatic carbocycles. The van der Waals surface area contributed by atoms with Crippen LogP contribution >= 0.6 is 11.6 Å². The second-order valence-corrected chi connectivity index (χ2v) is 4.09. The summed E-state index contributed by atoms with van der Waals surface area (Å²) in [5, 5.41) is 0.797. The van der Waals surface area contributed by atoms with E-state index >= 15 is 0 Å². The largest absolute Gasteiger partial charge is 1.00 e. The summed E-state index contributed by atoms with van der Waals surface area (Å²) >= 11 is 5.97. The normalized spacial score (nSPS) is 15.6. The summed E-state index contributed by atoms with van der Waals surface area (Å²) in [5.74, 6) is 0. The number of allylic oxidation sites excluding steroid dienone is 3. The van der Waals surface area contributed by atoms with Gasteiger partial charge in [0, 0.05) is 10.6 Å². The number of benzene rings is 1. The molecule has 2 aliphatic rings. The zero-order valence-corrected chi connectivity index (χ0v) is 10.8. The summed E-state index contributed by atoms with van der Waals surface area (Å²) in [7, 11) is 0. The summed E-state index contributed by atoms with van der Waals surface area (Å²) in [6.07, 6.45) is 11.3. The van der Waals surface area contributed by atoms with E-state index in [1.165, 1.54) is 11.1 Å². The van der Waals surface area contributed by atoms with E-state index in [0.29, 0.717) is 0 Å². The predicted octanol–water partition coefficient (Wildman–Crippen LogP) is 0.387. The van der Waals surface area contributed by atoms with Crippen LogP contribution in [0.2, 0.25) is 5.02 Å². The lowest BCUT2D eigenvalue weighted by atomic mass is 10.0. The molecule has 2 heterocycles. The topological polar surface area (TPSA) is 3.24 Å². The molecule has 0 radical (unpaired) electrons. The zero-order chi connectivity index (χ0) is 10.3. The van der Waals surface area contributed by atoms with E-state index in [9.17, 15) is 0 Å². The van der Waals surface area contributed by atoms with Crippen molar-refractivity contribution in [2.24, 2.45) is 0 Å². The average Bonchev–Trinajstić information content (AvgIpc) is 2.26. The molecule has 2 aliphatic heterocycles. The molecule has 0 aromatic heterocycles. The van der Waals surface area contributed by atoms with Gasteiger partial charge in [-0.3, -0.25) is 0 Å².